The molecule has 3 rings (SSSR count). The zero-order valence-corrected chi connectivity index (χ0v) is 14.4. The molecule has 23 heavy (non-hydrogen) atoms. The van der Waals surface area contributed by atoms with Crippen LogP contribution in [0.15, 0.2) is 47.8 Å². The Morgan fingerprint density at radius 2 is 2.09 bits per heavy atom. The minimum absolute atomic E-state index is 0.0107. The Hall–Kier alpha value is -1.92. The predicted molar refractivity (Wildman–Crippen MR) is 95.8 cm³/mol. The number of thioether (sulfide) groups is 1. The lowest BCUT2D eigenvalue weighted by Crippen LogP contribution is -2.24. The third-order valence-electron chi connectivity index (χ3n) is 3.36. The summed E-state index contributed by atoms with van der Waals surface area (Å²) in [5, 5.41) is 4.86. The van der Waals surface area contributed by atoms with Gasteiger partial charge in [-0.3, -0.25) is 4.79 Å². The summed E-state index contributed by atoms with van der Waals surface area (Å²) in [5.74, 6) is 0.368. The SMILES string of the molecule is CCc1cc2c(SCC(=O)NCc3ccccc3)ncnc2s1. The smallest absolute Gasteiger partial charge is 0.230 e. The van der Waals surface area contributed by atoms with Gasteiger partial charge in [0.15, 0.2) is 0 Å². The lowest BCUT2D eigenvalue weighted by Gasteiger charge is -2.05. The van der Waals surface area contributed by atoms with Crippen LogP contribution in [0.1, 0.15) is 17.4 Å². The van der Waals surface area contributed by atoms with E-state index in [0.29, 0.717) is 12.3 Å². The lowest BCUT2D eigenvalue weighted by molar-refractivity contribution is -0.118. The fourth-order valence-electron chi connectivity index (χ4n) is 2.15. The van der Waals surface area contributed by atoms with Crippen molar-refractivity contribution in [2.24, 2.45) is 0 Å². The summed E-state index contributed by atoms with van der Waals surface area (Å²) in [7, 11) is 0. The van der Waals surface area contributed by atoms with Gasteiger partial charge in [0.05, 0.1) is 5.75 Å². The molecule has 0 saturated heterocycles. The van der Waals surface area contributed by atoms with E-state index in [4.69, 9.17) is 0 Å². The van der Waals surface area contributed by atoms with Gasteiger partial charge in [0.25, 0.3) is 0 Å². The molecular formula is C17H17N3OS2. The predicted octanol–water partition coefficient (Wildman–Crippen LogP) is 3.66. The van der Waals surface area contributed by atoms with E-state index in [1.54, 1.807) is 17.7 Å². The van der Waals surface area contributed by atoms with Crippen molar-refractivity contribution in [2.45, 2.75) is 24.9 Å². The molecule has 0 aliphatic heterocycles. The van der Waals surface area contributed by atoms with Crippen LogP contribution in [0.5, 0.6) is 0 Å². The van der Waals surface area contributed by atoms with Gasteiger partial charge in [-0.1, -0.05) is 49.0 Å². The highest BCUT2D eigenvalue weighted by Gasteiger charge is 2.10. The minimum Gasteiger partial charge on any atom is -0.351 e. The van der Waals surface area contributed by atoms with Crippen LogP contribution in [0.2, 0.25) is 0 Å². The zero-order valence-electron chi connectivity index (χ0n) is 12.8. The van der Waals surface area contributed by atoms with Gasteiger partial charge < -0.3 is 5.32 Å². The van der Waals surface area contributed by atoms with E-state index in [1.807, 2.05) is 30.3 Å². The van der Waals surface area contributed by atoms with Crippen molar-refractivity contribution in [3.8, 4) is 0 Å². The van der Waals surface area contributed by atoms with Crippen molar-refractivity contribution < 1.29 is 4.79 Å². The van der Waals surface area contributed by atoms with Crippen LogP contribution in [-0.2, 0) is 17.8 Å². The number of amides is 1. The standard InChI is InChI=1S/C17H17N3OS2/c1-2-13-8-14-16(19-11-20-17(14)23-13)22-10-15(21)18-9-12-6-4-3-5-7-12/h3-8,11H,2,9-10H2,1H3,(H,18,21). The Bertz CT molecular complexity index is 802. The number of rotatable bonds is 6. The molecule has 4 nitrogen and oxygen atoms in total. The van der Waals surface area contributed by atoms with Crippen molar-refractivity contribution in [2.75, 3.05) is 5.75 Å². The van der Waals surface area contributed by atoms with Gasteiger partial charge in [0.2, 0.25) is 5.91 Å². The van der Waals surface area contributed by atoms with Crippen molar-refractivity contribution in [3.05, 3.63) is 53.2 Å². The largest absolute Gasteiger partial charge is 0.351 e. The molecule has 2 heterocycles. The first-order chi connectivity index (χ1) is 11.3. The number of nitrogens with zero attached hydrogens (tertiary/aromatic N) is 2. The van der Waals surface area contributed by atoms with E-state index in [2.05, 4.69) is 28.3 Å². The number of carbonyl (C=O) groups is 1. The minimum atomic E-state index is 0.0107. The van der Waals surface area contributed by atoms with Gasteiger partial charge >= 0.3 is 0 Å². The van der Waals surface area contributed by atoms with E-state index in [-0.39, 0.29) is 5.91 Å². The Morgan fingerprint density at radius 3 is 2.87 bits per heavy atom. The molecule has 0 bridgehead atoms. The number of thiophene rings is 1. The summed E-state index contributed by atoms with van der Waals surface area (Å²) in [5.41, 5.74) is 1.10. The maximum absolute atomic E-state index is 12.0. The summed E-state index contributed by atoms with van der Waals surface area (Å²) in [6, 6.07) is 12.0. The molecule has 0 aliphatic rings. The summed E-state index contributed by atoms with van der Waals surface area (Å²) in [6.45, 7) is 2.68. The molecule has 2 aromatic heterocycles. The summed E-state index contributed by atoms with van der Waals surface area (Å²) in [4.78, 5) is 22.9. The van der Waals surface area contributed by atoms with Gasteiger partial charge in [0.1, 0.15) is 16.2 Å². The third-order valence-corrected chi connectivity index (χ3v) is 5.56. The molecule has 0 atom stereocenters. The molecule has 1 aromatic carbocycles. The number of hydrogen-bond acceptors (Lipinski definition) is 5. The van der Waals surface area contributed by atoms with Gasteiger partial charge in [-0.25, -0.2) is 9.97 Å². The number of hydrogen-bond donors (Lipinski definition) is 1. The number of aromatic nitrogens is 2. The monoisotopic (exact) mass is 343 g/mol. The first-order valence-electron chi connectivity index (χ1n) is 7.43. The van der Waals surface area contributed by atoms with Crippen LogP contribution < -0.4 is 5.32 Å². The Balaban J connectivity index is 1.59. The molecule has 0 saturated carbocycles. The zero-order chi connectivity index (χ0) is 16.1. The first-order valence-corrected chi connectivity index (χ1v) is 9.23. The maximum Gasteiger partial charge on any atom is 0.230 e. The van der Waals surface area contributed by atoms with E-state index >= 15 is 0 Å². The van der Waals surface area contributed by atoms with Crippen LogP contribution in [0.4, 0.5) is 0 Å². The maximum atomic E-state index is 12.0. The van der Waals surface area contributed by atoms with Gasteiger partial charge in [-0.05, 0) is 18.1 Å². The van der Waals surface area contributed by atoms with Crippen molar-refractivity contribution in [1.29, 1.82) is 0 Å². The van der Waals surface area contributed by atoms with E-state index in [1.165, 1.54) is 16.6 Å². The summed E-state index contributed by atoms with van der Waals surface area (Å²) < 4.78 is 0. The molecule has 0 fully saturated rings. The Kier molecular flexibility index (Phi) is 5.25. The van der Waals surface area contributed by atoms with Gasteiger partial charge in [0, 0.05) is 16.8 Å². The number of aryl methyl sites for hydroxylation is 1. The highest BCUT2D eigenvalue weighted by atomic mass is 32.2. The van der Waals surface area contributed by atoms with E-state index in [9.17, 15) is 4.79 Å². The molecule has 1 N–H and O–H groups in total. The van der Waals surface area contributed by atoms with Crippen LogP contribution in [-0.4, -0.2) is 21.6 Å². The number of fused-ring (bicyclic) bond motifs is 1. The molecule has 118 valence electrons. The van der Waals surface area contributed by atoms with E-state index in [0.717, 1.165) is 27.2 Å². The fraction of sp³-hybridized carbons (Fsp3) is 0.235. The second kappa shape index (κ2) is 7.57. The van der Waals surface area contributed by atoms with Gasteiger partial charge in [-0.15, -0.1) is 11.3 Å². The van der Waals surface area contributed by atoms with Crippen molar-refractivity contribution in [1.82, 2.24) is 15.3 Å². The lowest BCUT2D eigenvalue weighted by atomic mass is 10.2. The van der Waals surface area contributed by atoms with E-state index < -0.39 is 0 Å². The molecule has 0 unspecified atom stereocenters. The molecule has 0 radical (unpaired) electrons. The summed E-state index contributed by atoms with van der Waals surface area (Å²) >= 11 is 3.15. The molecule has 0 spiro atoms. The van der Waals surface area contributed by atoms with Crippen molar-refractivity contribution >= 4 is 39.2 Å². The molecule has 0 aliphatic carbocycles. The van der Waals surface area contributed by atoms with Crippen LogP contribution in [0.25, 0.3) is 10.2 Å². The number of nitrogens with one attached hydrogen (secondary N) is 1. The number of carbonyl (C=O) groups excluding carboxylic acids is 1. The summed E-state index contributed by atoms with van der Waals surface area (Å²) in [6.07, 6.45) is 2.56. The van der Waals surface area contributed by atoms with Crippen LogP contribution in [0, 0.1) is 0 Å². The highest BCUT2D eigenvalue weighted by Crippen LogP contribution is 2.30. The molecule has 6 heteroatoms. The van der Waals surface area contributed by atoms with Crippen LogP contribution in [0.3, 0.4) is 0 Å². The second-order valence-electron chi connectivity index (χ2n) is 5.01. The molecule has 1 amide bonds. The Morgan fingerprint density at radius 1 is 1.26 bits per heavy atom. The Labute approximate surface area is 143 Å². The fourth-order valence-corrected chi connectivity index (χ4v) is 3.96. The quantitative estimate of drug-likeness (QED) is 0.548. The average molecular weight is 343 g/mol. The average Bonchev–Trinajstić information content (AvgIpc) is 3.03. The van der Waals surface area contributed by atoms with Crippen LogP contribution >= 0.6 is 23.1 Å². The molecular weight excluding hydrogens is 326 g/mol. The second-order valence-corrected chi connectivity index (χ2v) is 7.09. The topological polar surface area (TPSA) is 54.9 Å². The normalized spacial score (nSPS) is 10.8. The van der Waals surface area contributed by atoms with Gasteiger partial charge in [-0.2, -0.15) is 0 Å². The third kappa shape index (κ3) is 4.09. The number of benzene rings is 1. The first kappa shape index (κ1) is 16.0. The highest BCUT2D eigenvalue weighted by molar-refractivity contribution is 8.00. The molecule has 3 aromatic rings. The van der Waals surface area contributed by atoms with Crippen molar-refractivity contribution in [3.63, 3.8) is 0 Å².